The third-order valence-electron chi connectivity index (χ3n) is 2.18. The van der Waals surface area contributed by atoms with Crippen LogP contribution in [-0.4, -0.2) is 25.5 Å². The number of rotatable bonds is 7. The Bertz CT molecular complexity index is 344. The highest BCUT2D eigenvalue weighted by Crippen LogP contribution is 2.27. The summed E-state index contributed by atoms with van der Waals surface area (Å²) in [5, 5.41) is 3.74. The molecule has 1 aromatic carbocycles. The first-order valence-electron chi connectivity index (χ1n) is 5.78. The van der Waals surface area contributed by atoms with Crippen molar-refractivity contribution in [1.82, 2.24) is 5.32 Å². The lowest BCUT2D eigenvalue weighted by atomic mass is 10.2. The molecule has 0 aromatic heterocycles. The lowest BCUT2D eigenvalue weighted by Gasteiger charge is -2.12. The van der Waals surface area contributed by atoms with E-state index in [0.29, 0.717) is 18.4 Å². The van der Waals surface area contributed by atoms with Gasteiger partial charge in [0.2, 0.25) is 0 Å². The molecule has 17 heavy (non-hydrogen) atoms. The molecule has 0 unspecified atom stereocenters. The minimum absolute atomic E-state index is 0.179. The van der Waals surface area contributed by atoms with Crippen molar-refractivity contribution in [3.8, 4) is 0 Å². The zero-order valence-corrected chi connectivity index (χ0v) is 11.4. The fraction of sp³-hybridized carbons (Fsp3) is 0.538. The Hall–Kier alpha value is -0.580. The van der Waals surface area contributed by atoms with Crippen molar-refractivity contribution in [3.63, 3.8) is 0 Å². The number of nitrogens with one attached hydrogen (secondary N) is 1. The van der Waals surface area contributed by atoms with E-state index in [1.807, 2.05) is 6.07 Å². The molecule has 1 aromatic rings. The first-order valence-corrected chi connectivity index (χ1v) is 6.66. The number of thioether (sulfide) groups is 1. The van der Waals surface area contributed by atoms with Gasteiger partial charge < -0.3 is 10.1 Å². The Labute approximate surface area is 107 Å². The van der Waals surface area contributed by atoms with Gasteiger partial charge in [-0.3, -0.25) is 0 Å². The first kappa shape index (κ1) is 14.5. The normalized spacial score (nSPS) is 11.1. The largest absolute Gasteiger partial charge is 0.383 e. The molecule has 0 spiro atoms. The lowest BCUT2D eigenvalue weighted by Crippen LogP contribution is -2.19. The standard InChI is InChI=1S/C13H20FNOS/c1-10(2)17-13-5-4-12(14)8-11(13)9-15-6-7-16-3/h4-5,8,10,15H,6-7,9H2,1-3H3. The average Bonchev–Trinajstić information content (AvgIpc) is 2.27. The second kappa shape index (κ2) is 7.69. The van der Waals surface area contributed by atoms with Crippen LogP contribution in [-0.2, 0) is 11.3 Å². The van der Waals surface area contributed by atoms with Crippen LogP contribution < -0.4 is 5.32 Å². The summed E-state index contributed by atoms with van der Waals surface area (Å²) in [7, 11) is 1.67. The smallest absolute Gasteiger partial charge is 0.123 e. The van der Waals surface area contributed by atoms with Crippen LogP contribution in [0.4, 0.5) is 4.39 Å². The zero-order chi connectivity index (χ0) is 12.7. The Morgan fingerprint density at radius 2 is 2.18 bits per heavy atom. The second-order valence-electron chi connectivity index (χ2n) is 4.09. The lowest BCUT2D eigenvalue weighted by molar-refractivity contribution is 0.199. The maximum atomic E-state index is 13.2. The maximum absolute atomic E-state index is 13.2. The minimum Gasteiger partial charge on any atom is -0.383 e. The molecule has 0 bridgehead atoms. The predicted molar refractivity (Wildman–Crippen MR) is 71.0 cm³/mol. The SMILES string of the molecule is COCCNCc1cc(F)ccc1SC(C)C. The fourth-order valence-electron chi connectivity index (χ4n) is 1.45. The van der Waals surface area contributed by atoms with E-state index in [1.54, 1.807) is 24.9 Å². The molecule has 0 aliphatic carbocycles. The van der Waals surface area contributed by atoms with Crippen LogP contribution in [0, 0.1) is 5.82 Å². The van der Waals surface area contributed by atoms with Gasteiger partial charge in [-0.15, -0.1) is 11.8 Å². The van der Waals surface area contributed by atoms with Gasteiger partial charge in [-0.1, -0.05) is 13.8 Å². The van der Waals surface area contributed by atoms with Gasteiger partial charge in [0.15, 0.2) is 0 Å². The molecule has 0 aliphatic heterocycles. The molecule has 0 aliphatic rings. The van der Waals surface area contributed by atoms with E-state index in [4.69, 9.17) is 4.74 Å². The Morgan fingerprint density at radius 1 is 1.41 bits per heavy atom. The third-order valence-corrected chi connectivity index (χ3v) is 3.31. The minimum atomic E-state index is -0.179. The van der Waals surface area contributed by atoms with Gasteiger partial charge in [-0.2, -0.15) is 0 Å². The molecule has 0 saturated heterocycles. The monoisotopic (exact) mass is 257 g/mol. The van der Waals surface area contributed by atoms with Crippen molar-refractivity contribution in [2.75, 3.05) is 20.3 Å². The molecule has 1 rings (SSSR count). The van der Waals surface area contributed by atoms with E-state index < -0.39 is 0 Å². The predicted octanol–water partition coefficient (Wildman–Crippen LogP) is 3.06. The molecule has 0 saturated carbocycles. The molecular weight excluding hydrogens is 237 g/mol. The molecular formula is C13H20FNOS. The number of hydrogen-bond donors (Lipinski definition) is 1. The summed E-state index contributed by atoms with van der Waals surface area (Å²) in [6, 6.07) is 4.97. The van der Waals surface area contributed by atoms with Gasteiger partial charge in [-0.25, -0.2) is 4.39 Å². The summed E-state index contributed by atoms with van der Waals surface area (Å²) < 4.78 is 18.2. The number of benzene rings is 1. The molecule has 0 fully saturated rings. The Balaban J connectivity index is 2.63. The molecule has 0 amide bonds. The Kier molecular flexibility index (Phi) is 6.55. The van der Waals surface area contributed by atoms with Crippen molar-refractivity contribution < 1.29 is 9.13 Å². The van der Waals surface area contributed by atoms with Crippen LogP contribution in [0.1, 0.15) is 19.4 Å². The highest BCUT2D eigenvalue weighted by molar-refractivity contribution is 8.00. The van der Waals surface area contributed by atoms with E-state index in [2.05, 4.69) is 19.2 Å². The molecule has 2 nitrogen and oxygen atoms in total. The van der Waals surface area contributed by atoms with Crippen LogP contribution in [0.2, 0.25) is 0 Å². The topological polar surface area (TPSA) is 21.3 Å². The average molecular weight is 257 g/mol. The number of hydrogen-bond acceptors (Lipinski definition) is 3. The number of ether oxygens (including phenoxy) is 1. The van der Waals surface area contributed by atoms with Crippen molar-refractivity contribution in [2.24, 2.45) is 0 Å². The molecule has 0 radical (unpaired) electrons. The van der Waals surface area contributed by atoms with Gasteiger partial charge in [-0.05, 0) is 23.8 Å². The van der Waals surface area contributed by atoms with Crippen LogP contribution in [0.25, 0.3) is 0 Å². The third kappa shape index (κ3) is 5.52. The zero-order valence-electron chi connectivity index (χ0n) is 10.6. The van der Waals surface area contributed by atoms with Gasteiger partial charge >= 0.3 is 0 Å². The summed E-state index contributed by atoms with van der Waals surface area (Å²) in [6.07, 6.45) is 0. The van der Waals surface area contributed by atoms with Crippen molar-refractivity contribution in [2.45, 2.75) is 30.5 Å². The molecule has 96 valence electrons. The summed E-state index contributed by atoms with van der Waals surface area (Å²) in [6.45, 7) is 6.39. The van der Waals surface area contributed by atoms with E-state index in [0.717, 1.165) is 17.0 Å². The number of halogens is 1. The van der Waals surface area contributed by atoms with Gasteiger partial charge in [0.25, 0.3) is 0 Å². The van der Waals surface area contributed by atoms with Crippen molar-refractivity contribution >= 4 is 11.8 Å². The van der Waals surface area contributed by atoms with Gasteiger partial charge in [0.05, 0.1) is 6.61 Å². The molecule has 0 heterocycles. The quantitative estimate of drug-likeness (QED) is 0.599. The molecule has 4 heteroatoms. The van der Waals surface area contributed by atoms with E-state index in [1.165, 1.54) is 6.07 Å². The highest BCUT2D eigenvalue weighted by atomic mass is 32.2. The van der Waals surface area contributed by atoms with Crippen molar-refractivity contribution in [3.05, 3.63) is 29.6 Å². The molecule has 1 N–H and O–H groups in total. The molecule has 0 atom stereocenters. The van der Waals surface area contributed by atoms with Crippen molar-refractivity contribution in [1.29, 1.82) is 0 Å². The van der Waals surface area contributed by atoms with Crippen LogP contribution in [0.3, 0.4) is 0 Å². The summed E-state index contributed by atoms with van der Waals surface area (Å²) in [5.74, 6) is -0.179. The summed E-state index contributed by atoms with van der Waals surface area (Å²) in [4.78, 5) is 1.14. The summed E-state index contributed by atoms with van der Waals surface area (Å²) in [5.41, 5.74) is 1.01. The second-order valence-corrected chi connectivity index (χ2v) is 5.71. The fourth-order valence-corrected chi connectivity index (χ4v) is 2.39. The first-order chi connectivity index (χ1) is 8.13. The van der Waals surface area contributed by atoms with Gasteiger partial charge in [0, 0.05) is 30.3 Å². The number of methoxy groups -OCH3 is 1. The van der Waals surface area contributed by atoms with Crippen LogP contribution >= 0.6 is 11.8 Å². The van der Waals surface area contributed by atoms with E-state index >= 15 is 0 Å². The van der Waals surface area contributed by atoms with Crippen LogP contribution in [0.15, 0.2) is 23.1 Å². The van der Waals surface area contributed by atoms with Crippen LogP contribution in [0.5, 0.6) is 0 Å². The van der Waals surface area contributed by atoms with Gasteiger partial charge in [0.1, 0.15) is 5.82 Å². The maximum Gasteiger partial charge on any atom is 0.123 e. The summed E-state index contributed by atoms with van der Waals surface area (Å²) >= 11 is 1.76. The highest BCUT2D eigenvalue weighted by Gasteiger charge is 2.06. The Morgan fingerprint density at radius 3 is 2.82 bits per heavy atom. The van der Waals surface area contributed by atoms with E-state index in [9.17, 15) is 4.39 Å². The van der Waals surface area contributed by atoms with E-state index in [-0.39, 0.29) is 5.82 Å².